The molecule has 0 aliphatic heterocycles. The van der Waals surface area contributed by atoms with Crippen LogP contribution in [0.5, 0.6) is 0 Å². The Kier molecular flexibility index (Phi) is 50.0. The van der Waals surface area contributed by atoms with Gasteiger partial charge in [0.15, 0.2) is 6.10 Å². The highest BCUT2D eigenvalue weighted by Crippen LogP contribution is 2.14. The predicted molar refractivity (Wildman–Crippen MR) is 279 cm³/mol. The van der Waals surface area contributed by atoms with Gasteiger partial charge in [0, 0.05) is 19.3 Å². The molecule has 0 saturated heterocycles. The molecule has 0 aromatic carbocycles. The van der Waals surface area contributed by atoms with Crippen LogP contribution >= 0.6 is 0 Å². The number of unbranched alkanes of at least 4 members (excludes halogenated alkanes) is 24. The number of carbonyl (C=O) groups excluding carboxylic acids is 3. The summed E-state index contributed by atoms with van der Waals surface area (Å²) in [6.45, 7) is 6.34. The normalized spacial score (nSPS) is 12.8. The lowest BCUT2D eigenvalue weighted by molar-refractivity contribution is -0.167. The van der Waals surface area contributed by atoms with Crippen molar-refractivity contribution < 1.29 is 28.6 Å². The molecular formula is C59H98O6. The summed E-state index contributed by atoms with van der Waals surface area (Å²) in [5.74, 6) is -0.961. The van der Waals surface area contributed by atoms with Crippen LogP contribution in [0.4, 0.5) is 0 Å². The predicted octanol–water partition coefficient (Wildman–Crippen LogP) is 17.8. The number of carbonyl (C=O) groups is 3. The molecule has 0 bridgehead atoms. The molecule has 0 aromatic rings. The fraction of sp³-hybridized carbons (Fsp3) is 0.678. The van der Waals surface area contributed by atoms with Gasteiger partial charge >= 0.3 is 17.9 Å². The van der Waals surface area contributed by atoms with Gasteiger partial charge in [-0.3, -0.25) is 14.4 Å². The van der Waals surface area contributed by atoms with E-state index in [-0.39, 0.29) is 37.5 Å². The summed E-state index contributed by atoms with van der Waals surface area (Å²) in [6.07, 6.45) is 69.6. The molecular weight excluding hydrogens is 805 g/mol. The molecule has 0 saturated carbocycles. The van der Waals surface area contributed by atoms with Crippen LogP contribution in [-0.2, 0) is 28.6 Å². The number of hydrogen-bond donors (Lipinski definition) is 0. The smallest absolute Gasteiger partial charge is 0.306 e. The van der Waals surface area contributed by atoms with E-state index >= 15 is 0 Å². The summed E-state index contributed by atoms with van der Waals surface area (Å²) in [4.78, 5) is 38.0. The van der Waals surface area contributed by atoms with Crippen LogP contribution in [0.1, 0.15) is 239 Å². The first-order chi connectivity index (χ1) is 32.0. The van der Waals surface area contributed by atoms with Crippen molar-refractivity contribution in [3.63, 3.8) is 0 Å². The third-order valence-corrected chi connectivity index (χ3v) is 11.2. The van der Waals surface area contributed by atoms with Gasteiger partial charge in [0.25, 0.3) is 0 Å². The average molecular weight is 903 g/mol. The summed E-state index contributed by atoms with van der Waals surface area (Å²) in [5.41, 5.74) is 0. The highest BCUT2D eigenvalue weighted by molar-refractivity contribution is 5.71. The second kappa shape index (κ2) is 52.9. The molecule has 0 amide bonds. The number of esters is 3. The van der Waals surface area contributed by atoms with Crippen LogP contribution in [0.3, 0.4) is 0 Å². The van der Waals surface area contributed by atoms with E-state index in [9.17, 15) is 14.4 Å². The van der Waals surface area contributed by atoms with Crippen LogP contribution in [-0.4, -0.2) is 37.2 Å². The molecule has 0 aromatic heterocycles. The number of rotatable bonds is 47. The Morgan fingerprint density at radius 1 is 0.338 bits per heavy atom. The zero-order valence-electron chi connectivity index (χ0n) is 42.2. The second-order valence-corrected chi connectivity index (χ2v) is 17.5. The Bertz CT molecular complexity index is 1310. The quantitative estimate of drug-likeness (QED) is 0.0199. The SMILES string of the molecule is CC\C=C/C=C\C=C/C=C\C=C/CCCCCC(=O)OC(COC(=O)CCCCCCC/C=C\CCCCCCCCCCC)COC(=O)CCCCCCCCC/C=C\C/C=C\CC. The van der Waals surface area contributed by atoms with Gasteiger partial charge in [-0.15, -0.1) is 0 Å². The van der Waals surface area contributed by atoms with Crippen molar-refractivity contribution in [1.82, 2.24) is 0 Å². The van der Waals surface area contributed by atoms with Crippen LogP contribution in [0, 0.1) is 0 Å². The van der Waals surface area contributed by atoms with Crippen molar-refractivity contribution in [2.45, 2.75) is 245 Å². The Morgan fingerprint density at radius 2 is 0.677 bits per heavy atom. The summed E-state index contributed by atoms with van der Waals surface area (Å²) >= 11 is 0. The van der Waals surface area contributed by atoms with E-state index in [2.05, 4.69) is 69.4 Å². The lowest BCUT2D eigenvalue weighted by Crippen LogP contribution is -2.30. The van der Waals surface area contributed by atoms with Crippen LogP contribution in [0.2, 0.25) is 0 Å². The molecule has 0 N–H and O–H groups in total. The molecule has 0 aliphatic carbocycles. The lowest BCUT2D eigenvalue weighted by atomic mass is 10.1. The zero-order chi connectivity index (χ0) is 47.2. The third-order valence-electron chi connectivity index (χ3n) is 11.2. The van der Waals surface area contributed by atoms with Gasteiger partial charge in [-0.25, -0.2) is 0 Å². The van der Waals surface area contributed by atoms with E-state index < -0.39 is 6.10 Å². The monoisotopic (exact) mass is 903 g/mol. The summed E-state index contributed by atoms with van der Waals surface area (Å²) in [5, 5.41) is 0. The Labute approximate surface area is 400 Å². The second-order valence-electron chi connectivity index (χ2n) is 17.5. The van der Waals surface area contributed by atoms with Crippen molar-refractivity contribution in [2.24, 2.45) is 0 Å². The van der Waals surface area contributed by atoms with E-state index in [4.69, 9.17) is 14.2 Å². The Morgan fingerprint density at radius 3 is 1.14 bits per heavy atom. The molecule has 1 unspecified atom stereocenters. The van der Waals surface area contributed by atoms with Gasteiger partial charge in [-0.05, 0) is 89.9 Å². The first kappa shape index (κ1) is 61.3. The van der Waals surface area contributed by atoms with Crippen LogP contribution in [0.25, 0.3) is 0 Å². The summed E-state index contributed by atoms with van der Waals surface area (Å²) < 4.78 is 16.8. The van der Waals surface area contributed by atoms with E-state index in [1.54, 1.807) is 0 Å². The highest BCUT2D eigenvalue weighted by Gasteiger charge is 2.19. The van der Waals surface area contributed by atoms with Gasteiger partial charge < -0.3 is 14.2 Å². The summed E-state index contributed by atoms with van der Waals surface area (Å²) in [6, 6.07) is 0. The van der Waals surface area contributed by atoms with Gasteiger partial charge in [0.2, 0.25) is 0 Å². The van der Waals surface area contributed by atoms with Crippen molar-refractivity contribution in [3.8, 4) is 0 Å². The maximum Gasteiger partial charge on any atom is 0.306 e. The fourth-order valence-corrected chi connectivity index (χ4v) is 7.20. The first-order valence-corrected chi connectivity index (χ1v) is 26.8. The van der Waals surface area contributed by atoms with E-state index in [1.165, 1.54) is 103 Å². The largest absolute Gasteiger partial charge is 0.462 e. The fourth-order valence-electron chi connectivity index (χ4n) is 7.20. The highest BCUT2D eigenvalue weighted by atomic mass is 16.6. The van der Waals surface area contributed by atoms with E-state index in [0.717, 1.165) is 89.9 Å². The molecule has 0 aliphatic rings. The Balaban J connectivity index is 4.47. The minimum Gasteiger partial charge on any atom is -0.462 e. The van der Waals surface area contributed by atoms with Gasteiger partial charge in [0.05, 0.1) is 0 Å². The van der Waals surface area contributed by atoms with Gasteiger partial charge in [-0.1, -0.05) is 227 Å². The molecule has 370 valence electrons. The Hall–Kier alpha value is -3.67. The van der Waals surface area contributed by atoms with Crippen molar-refractivity contribution >= 4 is 17.9 Å². The minimum atomic E-state index is -0.807. The van der Waals surface area contributed by atoms with Crippen LogP contribution < -0.4 is 0 Å². The maximum absolute atomic E-state index is 12.8. The van der Waals surface area contributed by atoms with Gasteiger partial charge in [-0.2, -0.15) is 0 Å². The molecule has 0 heterocycles. The third kappa shape index (κ3) is 51.2. The average Bonchev–Trinajstić information content (AvgIpc) is 3.30. The molecule has 0 radical (unpaired) electrons. The standard InChI is InChI=1S/C59H98O6/c1-4-7-10-13-16-19-22-25-28-29-30-32-34-37-40-43-46-49-52-58(61)64-55-56(54-63-57(60)51-48-45-42-39-36-33-27-24-21-18-15-12-9-6-3)65-59(62)53-50-47-44-41-38-35-31-26-23-20-17-14-11-8-5-2/h8-9,11-12,14,17-18,20-21,23,26,30-32,35,38,56H,4-7,10,13,15-16,19,22,24-25,27-29,33-34,36-37,39-55H2,1-3H3/b11-8-,12-9-,17-14-,21-18-,23-20-,31-26-,32-30-,38-35-. The van der Waals surface area contributed by atoms with Crippen molar-refractivity contribution in [2.75, 3.05) is 13.2 Å². The molecule has 0 fully saturated rings. The van der Waals surface area contributed by atoms with Crippen LogP contribution in [0.15, 0.2) is 97.2 Å². The minimum absolute atomic E-state index is 0.103. The topological polar surface area (TPSA) is 78.9 Å². The number of ether oxygens (including phenoxy) is 3. The molecule has 1 atom stereocenters. The number of hydrogen-bond acceptors (Lipinski definition) is 6. The molecule has 0 spiro atoms. The van der Waals surface area contributed by atoms with E-state index in [1.807, 2.05) is 48.6 Å². The first-order valence-electron chi connectivity index (χ1n) is 26.8. The van der Waals surface area contributed by atoms with Gasteiger partial charge in [0.1, 0.15) is 13.2 Å². The van der Waals surface area contributed by atoms with E-state index in [0.29, 0.717) is 19.3 Å². The summed E-state index contributed by atoms with van der Waals surface area (Å²) in [7, 11) is 0. The zero-order valence-corrected chi connectivity index (χ0v) is 42.2. The lowest BCUT2D eigenvalue weighted by Gasteiger charge is -2.18. The molecule has 6 nitrogen and oxygen atoms in total. The maximum atomic E-state index is 12.8. The number of allylic oxidation sites excluding steroid dienone is 16. The molecule has 65 heavy (non-hydrogen) atoms. The van der Waals surface area contributed by atoms with Crippen molar-refractivity contribution in [3.05, 3.63) is 97.2 Å². The molecule has 6 heteroatoms. The van der Waals surface area contributed by atoms with Crippen molar-refractivity contribution in [1.29, 1.82) is 0 Å². The molecule has 0 rings (SSSR count).